The van der Waals surface area contributed by atoms with E-state index < -0.39 is 0 Å². The number of para-hydroxylation sites is 1. The summed E-state index contributed by atoms with van der Waals surface area (Å²) in [6.45, 7) is 0.504. The molecule has 0 saturated carbocycles. The molecule has 144 valence electrons. The fourth-order valence-corrected chi connectivity index (χ4v) is 4.40. The standard InChI is InChI=1S/C24H20N2OS2/c1-25(20-10-6-3-7-11-20)21-14-12-18(13-15-21)16-22-23(27)26(24(28)29-22)17-19-8-4-2-5-9-19/h2-16H,17H2,1H3. The van der Waals surface area contributed by atoms with Crippen LogP contribution in [0.5, 0.6) is 0 Å². The zero-order valence-electron chi connectivity index (χ0n) is 16.0. The van der Waals surface area contributed by atoms with Crippen LogP contribution in [-0.2, 0) is 11.3 Å². The molecule has 3 aromatic carbocycles. The van der Waals surface area contributed by atoms with E-state index in [1.54, 1.807) is 4.90 Å². The Balaban J connectivity index is 1.49. The van der Waals surface area contributed by atoms with Gasteiger partial charge in [-0.05, 0) is 41.5 Å². The van der Waals surface area contributed by atoms with Gasteiger partial charge in [0.2, 0.25) is 0 Å². The zero-order valence-corrected chi connectivity index (χ0v) is 17.6. The van der Waals surface area contributed by atoms with Gasteiger partial charge in [0.1, 0.15) is 4.32 Å². The first-order valence-electron chi connectivity index (χ1n) is 9.30. The van der Waals surface area contributed by atoms with Crippen molar-refractivity contribution in [1.29, 1.82) is 0 Å². The van der Waals surface area contributed by atoms with Crippen LogP contribution in [0.1, 0.15) is 11.1 Å². The van der Waals surface area contributed by atoms with Crippen molar-refractivity contribution >= 4 is 51.7 Å². The molecule has 0 atom stereocenters. The van der Waals surface area contributed by atoms with Crippen LogP contribution in [0.15, 0.2) is 89.8 Å². The number of thiocarbonyl (C=S) groups is 1. The highest BCUT2D eigenvalue weighted by Gasteiger charge is 2.31. The third kappa shape index (κ3) is 4.42. The van der Waals surface area contributed by atoms with Crippen molar-refractivity contribution in [1.82, 2.24) is 4.90 Å². The highest BCUT2D eigenvalue weighted by atomic mass is 32.2. The molecule has 0 radical (unpaired) electrons. The van der Waals surface area contributed by atoms with Crippen LogP contribution in [0.3, 0.4) is 0 Å². The molecule has 5 heteroatoms. The molecule has 1 aliphatic heterocycles. The lowest BCUT2D eigenvalue weighted by molar-refractivity contribution is -0.122. The number of anilines is 2. The van der Waals surface area contributed by atoms with Crippen molar-refractivity contribution in [2.24, 2.45) is 0 Å². The maximum Gasteiger partial charge on any atom is 0.266 e. The molecule has 1 amide bonds. The second-order valence-electron chi connectivity index (χ2n) is 6.74. The molecule has 0 unspecified atom stereocenters. The van der Waals surface area contributed by atoms with Crippen LogP contribution in [0, 0.1) is 0 Å². The van der Waals surface area contributed by atoms with E-state index >= 15 is 0 Å². The lowest BCUT2D eigenvalue weighted by Gasteiger charge is -2.19. The number of rotatable bonds is 5. The molecule has 3 nitrogen and oxygen atoms in total. The summed E-state index contributed by atoms with van der Waals surface area (Å²) in [5, 5.41) is 0. The molecule has 0 N–H and O–H groups in total. The SMILES string of the molecule is CN(c1ccccc1)c1ccc(C=C2SC(=S)N(Cc3ccccc3)C2=O)cc1. The summed E-state index contributed by atoms with van der Waals surface area (Å²) in [6.07, 6.45) is 1.91. The van der Waals surface area contributed by atoms with Gasteiger partial charge in [-0.25, -0.2) is 0 Å². The molecule has 1 fully saturated rings. The first-order chi connectivity index (χ1) is 14.1. The number of amides is 1. The summed E-state index contributed by atoms with van der Waals surface area (Å²) in [4.78, 5) is 17.3. The van der Waals surface area contributed by atoms with Gasteiger partial charge in [0.05, 0.1) is 11.4 Å². The minimum absolute atomic E-state index is 0.0330. The second kappa shape index (κ2) is 8.64. The largest absolute Gasteiger partial charge is 0.345 e. The summed E-state index contributed by atoms with van der Waals surface area (Å²) < 4.78 is 0.602. The van der Waals surface area contributed by atoms with Crippen molar-refractivity contribution in [3.63, 3.8) is 0 Å². The average Bonchev–Trinajstić information content (AvgIpc) is 3.02. The number of hydrogen-bond donors (Lipinski definition) is 0. The Hall–Kier alpha value is -2.89. The van der Waals surface area contributed by atoms with Gasteiger partial charge >= 0.3 is 0 Å². The van der Waals surface area contributed by atoms with Gasteiger partial charge in [-0.2, -0.15) is 0 Å². The minimum Gasteiger partial charge on any atom is -0.345 e. The van der Waals surface area contributed by atoms with E-state index in [1.807, 2.05) is 73.8 Å². The van der Waals surface area contributed by atoms with Gasteiger partial charge in [0.15, 0.2) is 0 Å². The molecule has 3 aromatic rings. The van der Waals surface area contributed by atoms with Crippen LogP contribution >= 0.6 is 24.0 Å². The van der Waals surface area contributed by atoms with Gasteiger partial charge < -0.3 is 4.90 Å². The maximum atomic E-state index is 12.8. The molecule has 0 aliphatic carbocycles. The predicted molar refractivity (Wildman–Crippen MR) is 126 cm³/mol. The number of carbonyl (C=O) groups is 1. The van der Waals surface area contributed by atoms with Crippen LogP contribution in [0.2, 0.25) is 0 Å². The van der Waals surface area contributed by atoms with E-state index in [9.17, 15) is 4.79 Å². The van der Waals surface area contributed by atoms with E-state index in [1.165, 1.54) is 11.8 Å². The molecule has 29 heavy (non-hydrogen) atoms. The fourth-order valence-electron chi connectivity index (χ4n) is 3.15. The van der Waals surface area contributed by atoms with E-state index in [-0.39, 0.29) is 5.91 Å². The van der Waals surface area contributed by atoms with Crippen molar-refractivity contribution in [3.05, 3.63) is 101 Å². The van der Waals surface area contributed by atoms with Crippen LogP contribution in [0.4, 0.5) is 11.4 Å². The van der Waals surface area contributed by atoms with Crippen molar-refractivity contribution in [2.45, 2.75) is 6.54 Å². The lowest BCUT2D eigenvalue weighted by Crippen LogP contribution is -2.27. The third-order valence-corrected chi connectivity index (χ3v) is 6.16. The van der Waals surface area contributed by atoms with E-state index in [0.717, 1.165) is 22.5 Å². The maximum absolute atomic E-state index is 12.8. The Bertz CT molecular complexity index is 1050. The number of thioether (sulfide) groups is 1. The smallest absolute Gasteiger partial charge is 0.266 e. The van der Waals surface area contributed by atoms with E-state index in [0.29, 0.717) is 15.8 Å². The minimum atomic E-state index is -0.0330. The summed E-state index contributed by atoms with van der Waals surface area (Å²) in [5.41, 5.74) is 4.26. The van der Waals surface area contributed by atoms with Crippen molar-refractivity contribution in [3.8, 4) is 0 Å². The number of nitrogens with zero attached hydrogens (tertiary/aromatic N) is 2. The molecule has 1 saturated heterocycles. The van der Waals surface area contributed by atoms with Gasteiger partial charge in [0.25, 0.3) is 5.91 Å². The van der Waals surface area contributed by atoms with Crippen LogP contribution in [0.25, 0.3) is 6.08 Å². The Morgan fingerprint density at radius 1 is 0.897 bits per heavy atom. The topological polar surface area (TPSA) is 23.6 Å². The zero-order chi connectivity index (χ0) is 20.2. The summed E-state index contributed by atoms with van der Waals surface area (Å²) in [7, 11) is 2.04. The highest BCUT2D eigenvalue weighted by Crippen LogP contribution is 2.34. The molecular weight excluding hydrogens is 396 g/mol. The van der Waals surface area contributed by atoms with Crippen LogP contribution < -0.4 is 4.90 Å². The van der Waals surface area contributed by atoms with Crippen molar-refractivity contribution in [2.75, 3.05) is 11.9 Å². The quantitative estimate of drug-likeness (QED) is 0.384. The molecule has 1 aliphatic rings. The van der Waals surface area contributed by atoms with E-state index in [4.69, 9.17) is 12.2 Å². The lowest BCUT2D eigenvalue weighted by atomic mass is 10.1. The molecule has 0 bridgehead atoms. The number of benzene rings is 3. The molecule has 1 heterocycles. The first-order valence-corrected chi connectivity index (χ1v) is 10.5. The first kappa shape index (κ1) is 19.4. The number of hydrogen-bond acceptors (Lipinski definition) is 4. The Morgan fingerprint density at radius 2 is 1.48 bits per heavy atom. The van der Waals surface area contributed by atoms with E-state index in [2.05, 4.69) is 29.2 Å². The second-order valence-corrected chi connectivity index (χ2v) is 8.42. The van der Waals surface area contributed by atoms with Gasteiger partial charge in [-0.15, -0.1) is 0 Å². The molecule has 0 spiro atoms. The number of carbonyl (C=O) groups excluding carboxylic acids is 1. The third-order valence-electron chi connectivity index (χ3n) is 4.78. The van der Waals surface area contributed by atoms with Crippen LogP contribution in [-0.4, -0.2) is 22.2 Å². The fraction of sp³-hybridized carbons (Fsp3) is 0.0833. The Kier molecular flexibility index (Phi) is 5.79. The Labute approximate surface area is 180 Å². The predicted octanol–water partition coefficient (Wildman–Crippen LogP) is 5.86. The summed E-state index contributed by atoms with van der Waals surface area (Å²) in [6, 6.07) is 28.3. The summed E-state index contributed by atoms with van der Waals surface area (Å²) >= 11 is 6.80. The molecule has 4 rings (SSSR count). The highest BCUT2D eigenvalue weighted by molar-refractivity contribution is 8.26. The molecular formula is C24H20N2OS2. The molecule has 0 aromatic heterocycles. The van der Waals surface area contributed by atoms with Gasteiger partial charge in [0, 0.05) is 18.4 Å². The Morgan fingerprint density at radius 3 is 2.14 bits per heavy atom. The monoisotopic (exact) mass is 416 g/mol. The van der Waals surface area contributed by atoms with Gasteiger partial charge in [-0.1, -0.05) is 84.6 Å². The van der Waals surface area contributed by atoms with Crippen molar-refractivity contribution < 1.29 is 4.79 Å². The average molecular weight is 417 g/mol. The summed E-state index contributed by atoms with van der Waals surface area (Å²) in [5.74, 6) is -0.0330. The normalized spacial score (nSPS) is 15.2. The van der Waals surface area contributed by atoms with Gasteiger partial charge in [-0.3, -0.25) is 9.69 Å².